The van der Waals surface area contributed by atoms with Gasteiger partial charge in [-0.25, -0.2) is 4.39 Å². The van der Waals surface area contributed by atoms with Crippen LogP contribution in [0.1, 0.15) is 0 Å². The average Bonchev–Trinajstić information content (AvgIpc) is 2.27. The Kier molecular flexibility index (Phi) is 3.17. The molecule has 2 aromatic rings. The van der Waals surface area contributed by atoms with Gasteiger partial charge in [0, 0.05) is 11.1 Å². The van der Waals surface area contributed by atoms with Crippen molar-refractivity contribution in [3.8, 4) is 16.9 Å². The van der Waals surface area contributed by atoms with Crippen molar-refractivity contribution in [3.05, 3.63) is 51.7 Å². The second-order valence-corrected chi connectivity index (χ2v) is 4.50. The van der Waals surface area contributed by atoms with Crippen molar-refractivity contribution in [2.75, 3.05) is 0 Å². The molecule has 16 heavy (non-hydrogen) atoms. The van der Waals surface area contributed by atoms with Crippen LogP contribution in [-0.2, 0) is 0 Å². The summed E-state index contributed by atoms with van der Waals surface area (Å²) < 4.78 is 14.1. The minimum atomic E-state index is -0.417. The molecule has 1 N–H and O–H groups in total. The second kappa shape index (κ2) is 4.44. The first-order valence-electron chi connectivity index (χ1n) is 4.53. The lowest BCUT2D eigenvalue weighted by Crippen LogP contribution is -1.86. The molecule has 82 valence electrons. The molecule has 0 heterocycles. The van der Waals surface area contributed by atoms with Gasteiger partial charge in [-0.2, -0.15) is 0 Å². The van der Waals surface area contributed by atoms with E-state index in [1.54, 1.807) is 36.4 Å². The molecule has 1 nitrogen and oxygen atoms in total. The molecule has 0 aromatic heterocycles. The molecule has 0 amide bonds. The molecule has 0 unspecified atom stereocenters. The van der Waals surface area contributed by atoms with E-state index in [0.717, 1.165) is 0 Å². The predicted molar refractivity (Wildman–Crippen MR) is 66.2 cm³/mol. The summed E-state index contributed by atoms with van der Waals surface area (Å²) in [6.45, 7) is 0. The Bertz CT molecular complexity index is 493. The summed E-state index contributed by atoms with van der Waals surface area (Å²) in [6, 6.07) is 9.72. The Balaban J connectivity index is 2.68. The summed E-state index contributed by atoms with van der Waals surface area (Å²) >= 11 is 8.87. The molecule has 2 rings (SSSR count). The Morgan fingerprint density at radius 2 is 1.69 bits per heavy atom. The fourth-order valence-corrected chi connectivity index (χ4v) is 1.99. The van der Waals surface area contributed by atoms with E-state index in [1.807, 2.05) is 0 Å². The van der Waals surface area contributed by atoms with Crippen molar-refractivity contribution in [1.82, 2.24) is 0 Å². The third kappa shape index (κ3) is 1.93. The maximum absolute atomic E-state index is 13.8. The van der Waals surface area contributed by atoms with Gasteiger partial charge >= 0.3 is 0 Å². The average molecular weight is 302 g/mol. The number of phenolic OH excluding ortho intramolecular Hbond substituents is 1. The molecule has 4 heteroatoms. The van der Waals surface area contributed by atoms with Crippen LogP contribution in [0.5, 0.6) is 5.75 Å². The molecule has 0 bridgehead atoms. The Labute approximate surface area is 106 Å². The van der Waals surface area contributed by atoms with Crippen LogP contribution in [-0.4, -0.2) is 5.11 Å². The van der Waals surface area contributed by atoms with Gasteiger partial charge < -0.3 is 5.11 Å². The number of halogens is 3. The first-order valence-corrected chi connectivity index (χ1v) is 5.70. The standard InChI is InChI=1S/C12H7BrClFO/c13-9-5-1-3-7(11(9)15)8-4-2-6-10(14)12(8)16/h1-6,16H. The van der Waals surface area contributed by atoms with E-state index in [1.165, 1.54) is 0 Å². The maximum Gasteiger partial charge on any atom is 0.145 e. The Morgan fingerprint density at radius 3 is 2.44 bits per heavy atom. The minimum absolute atomic E-state index is 0.110. The molecule has 0 aliphatic rings. The van der Waals surface area contributed by atoms with Crippen molar-refractivity contribution in [1.29, 1.82) is 0 Å². The third-order valence-electron chi connectivity index (χ3n) is 2.23. The topological polar surface area (TPSA) is 20.2 Å². The summed E-state index contributed by atoms with van der Waals surface area (Å²) in [5.74, 6) is -0.527. The second-order valence-electron chi connectivity index (χ2n) is 3.24. The van der Waals surface area contributed by atoms with Crippen molar-refractivity contribution in [2.24, 2.45) is 0 Å². The number of benzene rings is 2. The van der Waals surface area contributed by atoms with Crippen LogP contribution in [0, 0.1) is 5.82 Å². The quantitative estimate of drug-likeness (QED) is 0.815. The van der Waals surface area contributed by atoms with Gasteiger partial charge in [-0.05, 0) is 28.1 Å². The van der Waals surface area contributed by atoms with E-state index < -0.39 is 5.82 Å². The molecule has 0 saturated carbocycles. The highest BCUT2D eigenvalue weighted by Crippen LogP contribution is 2.37. The van der Waals surface area contributed by atoms with Crippen LogP contribution in [0.15, 0.2) is 40.9 Å². The minimum Gasteiger partial charge on any atom is -0.506 e. The highest BCUT2D eigenvalue weighted by molar-refractivity contribution is 9.10. The SMILES string of the molecule is Oc1c(Cl)cccc1-c1cccc(Br)c1F. The number of hydrogen-bond acceptors (Lipinski definition) is 1. The van der Waals surface area contributed by atoms with Crippen LogP contribution in [0.4, 0.5) is 4.39 Å². The van der Waals surface area contributed by atoms with Gasteiger partial charge in [0.05, 0.1) is 9.50 Å². The number of hydrogen-bond donors (Lipinski definition) is 1. The zero-order valence-corrected chi connectivity index (χ0v) is 10.4. The number of aromatic hydroxyl groups is 1. The molecule has 0 fully saturated rings. The van der Waals surface area contributed by atoms with E-state index in [4.69, 9.17) is 11.6 Å². The Hall–Kier alpha value is -1.06. The zero-order chi connectivity index (χ0) is 11.7. The normalized spacial score (nSPS) is 10.4. The zero-order valence-electron chi connectivity index (χ0n) is 8.05. The smallest absolute Gasteiger partial charge is 0.145 e. The summed E-state index contributed by atoms with van der Waals surface area (Å²) in [5, 5.41) is 9.96. The molecular formula is C12H7BrClFO. The lowest BCUT2D eigenvalue weighted by Gasteiger charge is -2.08. The van der Waals surface area contributed by atoms with E-state index in [2.05, 4.69) is 15.9 Å². The van der Waals surface area contributed by atoms with Crippen molar-refractivity contribution >= 4 is 27.5 Å². The van der Waals surface area contributed by atoms with Gasteiger partial charge in [-0.15, -0.1) is 0 Å². The molecule has 0 spiro atoms. The predicted octanol–water partition coefficient (Wildman–Crippen LogP) is 4.61. The van der Waals surface area contributed by atoms with Crippen molar-refractivity contribution in [2.45, 2.75) is 0 Å². The summed E-state index contributed by atoms with van der Waals surface area (Å²) in [5.41, 5.74) is 0.695. The molecule has 0 aliphatic heterocycles. The van der Waals surface area contributed by atoms with E-state index >= 15 is 0 Å². The fourth-order valence-electron chi connectivity index (χ4n) is 1.44. The molecule has 2 aromatic carbocycles. The lowest BCUT2D eigenvalue weighted by molar-refractivity contribution is 0.477. The van der Waals surface area contributed by atoms with Crippen LogP contribution in [0.2, 0.25) is 5.02 Å². The first kappa shape index (κ1) is 11.4. The van der Waals surface area contributed by atoms with Gasteiger partial charge in [0.25, 0.3) is 0 Å². The monoisotopic (exact) mass is 300 g/mol. The van der Waals surface area contributed by atoms with Gasteiger partial charge in [0.1, 0.15) is 11.6 Å². The number of para-hydroxylation sites is 1. The van der Waals surface area contributed by atoms with Crippen LogP contribution in [0.3, 0.4) is 0 Å². The highest BCUT2D eigenvalue weighted by atomic mass is 79.9. The summed E-state index contributed by atoms with van der Waals surface area (Å²) in [4.78, 5) is 0. The first-order chi connectivity index (χ1) is 7.61. The molecule has 0 aliphatic carbocycles. The van der Waals surface area contributed by atoms with E-state index in [0.29, 0.717) is 15.6 Å². The fraction of sp³-hybridized carbons (Fsp3) is 0. The van der Waals surface area contributed by atoms with Gasteiger partial charge in [0.15, 0.2) is 0 Å². The highest BCUT2D eigenvalue weighted by Gasteiger charge is 2.13. The van der Waals surface area contributed by atoms with Gasteiger partial charge in [0.2, 0.25) is 0 Å². The molecule has 0 saturated heterocycles. The largest absolute Gasteiger partial charge is 0.506 e. The van der Waals surface area contributed by atoms with E-state index in [9.17, 15) is 9.50 Å². The van der Waals surface area contributed by atoms with Crippen molar-refractivity contribution in [3.63, 3.8) is 0 Å². The summed E-state index contributed by atoms with van der Waals surface area (Å²) in [7, 11) is 0. The van der Waals surface area contributed by atoms with Crippen LogP contribution < -0.4 is 0 Å². The Morgan fingerprint density at radius 1 is 1.06 bits per heavy atom. The van der Waals surface area contributed by atoms with Crippen molar-refractivity contribution < 1.29 is 9.50 Å². The van der Waals surface area contributed by atoms with Crippen LogP contribution >= 0.6 is 27.5 Å². The number of phenols is 1. The lowest BCUT2D eigenvalue weighted by atomic mass is 10.0. The van der Waals surface area contributed by atoms with E-state index in [-0.39, 0.29) is 10.8 Å². The van der Waals surface area contributed by atoms with Gasteiger partial charge in [-0.3, -0.25) is 0 Å². The maximum atomic E-state index is 13.8. The summed E-state index contributed by atoms with van der Waals surface area (Å²) in [6.07, 6.45) is 0. The van der Waals surface area contributed by atoms with Crippen LogP contribution in [0.25, 0.3) is 11.1 Å². The molecule has 0 atom stereocenters. The molecule has 0 radical (unpaired) electrons. The van der Waals surface area contributed by atoms with Gasteiger partial charge in [-0.1, -0.05) is 35.9 Å². The number of rotatable bonds is 1. The molecular weight excluding hydrogens is 294 g/mol. The third-order valence-corrected chi connectivity index (χ3v) is 3.15.